The molecule has 0 radical (unpaired) electrons. The molecule has 1 aromatic carbocycles. The van der Waals surface area contributed by atoms with Gasteiger partial charge in [0.05, 0.1) is 0 Å². The van der Waals surface area contributed by atoms with Gasteiger partial charge in [-0.3, -0.25) is 0 Å². The minimum absolute atomic E-state index is 0.141. The van der Waals surface area contributed by atoms with Crippen LogP contribution in [0.1, 0.15) is 37.2 Å². The Hall–Kier alpha value is -2.50. The van der Waals surface area contributed by atoms with Gasteiger partial charge in [0.15, 0.2) is 0 Å². The van der Waals surface area contributed by atoms with Crippen molar-refractivity contribution in [3.8, 4) is 0 Å². The first-order valence-electron chi connectivity index (χ1n) is 7.02. The van der Waals surface area contributed by atoms with Crippen molar-refractivity contribution in [1.82, 2.24) is 14.8 Å². The molecule has 0 saturated carbocycles. The van der Waals surface area contributed by atoms with E-state index in [1.807, 2.05) is 24.3 Å². The zero-order valence-corrected chi connectivity index (χ0v) is 12.7. The van der Waals surface area contributed by atoms with Crippen molar-refractivity contribution in [2.24, 2.45) is 5.16 Å². The van der Waals surface area contributed by atoms with Gasteiger partial charge in [-0.1, -0.05) is 55.9 Å². The second-order valence-electron chi connectivity index (χ2n) is 5.05. The molecule has 0 fully saturated rings. The van der Waals surface area contributed by atoms with E-state index >= 15 is 0 Å². The predicted octanol–water partition coefficient (Wildman–Crippen LogP) is 3.48. The average molecular weight is 302 g/mol. The van der Waals surface area contributed by atoms with Crippen molar-refractivity contribution in [3.05, 3.63) is 60.7 Å². The number of hydrogen-bond donors (Lipinski definition) is 0. The monoisotopic (exact) mass is 302 g/mol. The van der Waals surface area contributed by atoms with Crippen molar-refractivity contribution in [2.75, 3.05) is 6.61 Å². The van der Waals surface area contributed by atoms with Crippen LogP contribution in [0.3, 0.4) is 0 Å². The number of benzene rings is 1. The molecule has 0 aliphatic carbocycles. The fourth-order valence-electron chi connectivity index (χ4n) is 1.89. The molecule has 6 heteroatoms. The summed E-state index contributed by atoms with van der Waals surface area (Å²) in [5, 5.41) is 7.71. The summed E-state index contributed by atoms with van der Waals surface area (Å²) in [6.07, 6.45) is 2.55. The highest BCUT2D eigenvalue weighted by molar-refractivity contribution is 6.02. The number of halogens is 1. The number of hydrogen-bond acceptors (Lipinski definition) is 4. The van der Waals surface area contributed by atoms with Crippen LogP contribution in [0.15, 0.2) is 54.7 Å². The third kappa shape index (κ3) is 3.78. The van der Waals surface area contributed by atoms with Crippen molar-refractivity contribution >= 4 is 5.71 Å². The topological polar surface area (TPSA) is 52.3 Å². The zero-order valence-electron chi connectivity index (χ0n) is 12.7. The average Bonchev–Trinajstić information content (AvgIpc) is 3.05. The Morgan fingerprint density at radius 2 is 2.14 bits per heavy atom. The van der Waals surface area contributed by atoms with Crippen molar-refractivity contribution < 1.29 is 9.23 Å². The van der Waals surface area contributed by atoms with E-state index < -0.39 is 6.30 Å². The summed E-state index contributed by atoms with van der Waals surface area (Å²) in [6.45, 7) is 7.95. The Morgan fingerprint density at radius 1 is 1.41 bits per heavy atom. The standard InChI is InChI=1S/C16H19FN4O/c1-4-9-22-20-15(16(17)21-11-18-10-19-21)14-7-5-13(6-8-14)12(2)3/h4-8,10-12,16H,1,9H2,2-3H3. The smallest absolute Gasteiger partial charge is 0.239 e. The van der Waals surface area contributed by atoms with Crippen LogP contribution in [0.5, 0.6) is 0 Å². The summed E-state index contributed by atoms with van der Waals surface area (Å²) in [5.74, 6) is 0.406. The molecular weight excluding hydrogens is 283 g/mol. The molecule has 1 atom stereocenters. The van der Waals surface area contributed by atoms with E-state index in [4.69, 9.17) is 4.84 Å². The summed E-state index contributed by atoms with van der Waals surface area (Å²) >= 11 is 0. The van der Waals surface area contributed by atoms with Crippen LogP contribution in [0, 0.1) is 0 Å². The molecule has 0 spiro atoms. The van der Waals surface area contributed by atoms with Crippen LogP contribution >= 0.6 is 0 Å². The van der Waals surface area contributed by atoms with E-state index in [0.29, 0.717) is 11.5 Å². The summed E-state index contributed by atoms with van der Waals surface area (Å²) in [7, 11) is 0. The molecular formula is C16H19FN4O. The van der Waals surface area contributed by atoms with Gasteiger partial charge in [-0.05, 0) is 11.5 Å². The second kappa shape index (κ2) is 7.49. The summed E-state index contributed by atoms with van der Waals surface area (Å²) < 4.78 is 15.7. The molecule has 1 heterocycles. The highest BCUT2D eigenvalue weighted by atomic mass is 19.1. The van der Waals surface area contributed by atoms with Crippen LogP contribution in [0.25, 0.3) is 0 Å². The Balaban J connectivity index is 2.31. The zero-order chi connectivity index (χ0) is 15.9. The van der Waals surface area contributed by atoms with Gasteiger partial charge >= 0.3 is 0 Å². The fourth-order valence-corrected chi connectivity index (χ4v) is 1.89. The molecule has 2 aromatic rings. The van der Waals surface area contributed by atoms with Crippen LogP contribution in [-0.4, -0.2) is 27.1 Å². The number of aromatic nitrogens is 3. The van der Waals surface area contributed by atoms with Gasteiger partial charge < -0.3 is 4.84 Å². The summed E-state index contributed by atoms with van der Waals surface area (Å²) in [4.78, 5) is 8.82. The minimum atomic E-state index is -1.57. The molecule has 0 aliphatic rings. The molecule has 2 rings (SSSR count). The van der Waals surface area contributed by atoms with Crippen LogP contribution in [0.2, 0.25) is 0 Å². The van der Waals surface area contributed by atoms with E-state index in [1.165, 1.54) is 18.2 Å². The van der Waals surface area contributed by atoms with Crippen molar-refractivity contribution in [2.45, 2.75) is 26.1 Å². The molecule has 0 saturated heterocycles. The molecule has 0 amide bonds. The van der Waals surface area contributed by atoms with Gasteiger partial charge in [0, 0.05) is 5.56 Å². The van der Waals surface area contributed by atoms with Gasteiger partial charge in [0.1, 0.15) is 25.0 Å². The first kappa shape index (κ1) is 15.9. The summed E-state index contributed by atoms with van der Waals surface area (Å²) in [5.41, 5.74) is 1.95. The maximum Gasteiger partial charge on any atom is 0.239 e. The first-order chi connectivity index (χ1) is 10.6. The molecule has 116 valence electrons. The largest absolute Gasteiger partial charge is 0.391 e. The number of alkyl halides is 1. The third-order valence-electron chi connectivity index (χ3n) is 3.12. The van der Waals surface area contributed by atoms with Crippen molar-refractivity contribution in [1.29, 1.82) is 0 Å². The van der Waals surface area contributed by atoms with Crippen molar-refractivity contribution in [3.63, 3.8) is 0 Å². The lowest BCUT2D eigenvalue weighted by Crippen LogP contribution is -2.18. The van der Waals surface area contributed by atoms with E-state index in [9.17, 15) is 4.39 Å². The lowest BCUT2D eigenvalue weighted by molar-refractivity contribution is 0.168. The van der Waals surface area contributed by atoms with Gasteiger partial charge in [-0.15, -0.1) is 0 Å². The molecule has 22 heavy (non-hydrogen) atoms. The highest BCUT2D eigenvalue weighted by Crippen LogP contribution is 2.20. The van der Waals surface area contributed by atoms with E-state index in [-0.39, 0.29) is 12.3 Å². The quantitative estimate of drug-likeness (QED) is 0.340. The SMILES string of the molecule is C=CCON=C(c1ccc(C(C)C)cc1)C(F)n1cncn1. The van der Waals surface area contributed by atoms with E-state index in [0.717, 1.165) is 4.68 Å². The number of rotatable bonds is 7. The maximum atomic E-state index is 14.6. The third-order valence-corrected chi connectivity index (χ3v) is 3.12. The normalized spacial score (nSPS) is 13.2. The second-order valence-corrected chi connectivity index (χ2v) is 5.05. The minimum Gasteiger partial charge on any atom is -0.391 e. The van der Waals surface area contributed by atoms with Crippen LogP contribution in [-0.2, 0) is 4.84 Å². The van der Waals surface area contributed by atoms with Crippen LogP contribution in [0.4, 0.5) is 4.39 Å². The molecule has 1 unspecified atom stereocenters. The Labute approximate surface area is 129 Å². The number of oxime groups is 1. The van der Waals surface area contributed by atoms with E-state index in [1.54, 1.807) is 6.08 Å². The lowest BCUT2D eigenvalue weighted by Gasteiger charge is -2.13. The van der Waals surface area contributed by atoms with Crippen LogP contribution < -0.4 is 0 Å². The van der Waals surface area contributed by atoms with Gasteiger partial charge in [-0.2, -0.15) is 5.10 Å². The molecule has 0 aliphatic heterocycles. The van der Waals surface area contributed by atoms with E-state index in [2.05, 4.69) is 35.7 Å². The molecule has 5 nitrogen and oxygen atoms in total. The number of nitrogens with zero attached hydrogens (tertiary/aromatic N) is 4. The van der Waals surface area contributed by atoms with Gasteiger partial charge in [0.2, 0.25) is 6.30 Å². The first-order valence-corrected chi connectivity index (χ1v) is 7.02. The maximum absolute atomic E-state index is 14.6. The molecule has 0 bridgehead atoms. The Bertz CT molecular complexity index is 620. The molecule has 0 N–H and O–H groups in total. The molecule has 1 aromatic heterocycles. The fraction of sp³-hybridized carbons (Fsp3) is 0.312. The Kier molecular flexibility index (Phi) is 5.41. The Morgan fingerprint density at radius 3 is 2.68 bits per heavy atom. The van der Waals surface area contributed by atoms with Gasteiger partial charge in [-0.25, -0.2) is 14.1 Å². The predicted molar refractivity (Wildman–Crippen MR) is 83.4 cm³/mol. The summed E-state index contributed by atoms with van der Waals surface area (Å²) in [6, 6.07) is 7.57. The van der Waals surface area contributed by atoms with Gasteiger partial charge in [0.25, 0.3) is 0 Å². The lowest BCUT2D eigenvalue weighted by atomic mass is 10.00. The highest BCUT2D eigenvalue weighted by Gasteiger charge is 2.21.